The SMILES string of the molecule is Cc1cc(NCC(=O)NC(C)C)ccc1[N+](=O)[O-]. The summed E-state index contributed by atoms with van der Waals surface area (Å²) in [6.45, 7) is 5.58. The Morgan fingerprint density at radius 3 is 2.61 bits per heavy atom. The van der Waals surface area contributed by atoms with Crippen LogP contribution in [0.2, 0.25) is 0 Å². The van der Waals surface area contributed by atoms with Crippen molar-refractivity contribution in [3.63, 3.8) is 0 Å². The normalized spacial score (nSPS) is 10.2. The number of amides is 1. The van der Waals surface area contributed by atoms with Crippen LogP contribution in [-0.4, -0.2) is 23.4 Å². The van der Waals surface area contributed by atoms with Crippen LogP contribution in [0.5, 0.6) is 0 Å². The smallest absolute Gasteiger partial charge is 0.272 e. The molecule has 0 heterocycles. The molecule has 1 aromatic carbocycles. The van der Waals surface area contributed by atoms with Gasteiger partial charge in [0.2, 0.25) is 5.91 Å². The number of hydrogen-bond donors (Lipinski definition) is 2. The Bertz CT molecular complexity index is 458. The summed E-state index contributed by atoms with van der Waals surface area (Å²) in [7, 11) is 0. The number of nitro groups is 1. The molecule has 18 heavy (non-hydrogen) atoms. The van der Waals surface area contributed by atoms with Gasteiger partial charge in [-0.05, 0) is 32.9 Å². The fourth-order valence-electron chi connectivity index (χ4n) is 1.53. The van der Waals surface area contributed by atoms with Gasteiger partial charge in [-0.15, -0.1) is 0 Å². The summed E-state index contributed by atoms with van der Waals surface area (Å²) >= 11 is 0. The van der Waals surface area contributed by atoms with Gasteiger partial charge in [-0.2, -0.15) is 0 Å². The van der Waals surface area contributed by atoms with E-state index in [1.807, 2.05) is 13.8 Å². The number of hydrogen-bond acceptors (Lipinski definition) is 4. The van der Waals surface area contributed by atoms with Crippen LogP contribution >= 0.6 is 0 Å². The third-order valence-electron chi connectivity index (χ3n) is 2.30. The van der Waals surface area contributed by atoms with Crippen LogP contribution in [0.15, 0.2) is 18.2 Å². The first-order chi connectivity index (χ1) is 8.40. The summed E-state index contributed by atoms with van der Waals surface area (Å²) in [5, 5.41) is 16.3. The van der Waals surface area contributed by atoms with Crippen LogP contribution in [0.3, 0.4) is 0 Å². The summed E-state index contributed by atoms with van der Waals surface area (Å²) < 4.78 is 0. The molecule has 0 aliphatic carbocycles. The Labute approximate surface area is 106 Å². The Morgan fingerprint density at radius 1 is 1.44 bits per heavy atom. The van der Waals surface area contributed by atoms with Gasteiger partial charge in [0.25, 0.3) is 5.69 Å². The summed E-state index contributed by atoms with van der Waals surface area (Å²) in [6.07, 6.45) is 0. The van der Waals surface area contributed by atoms with E-state index < -0.39 is 4.92 Å². The zero-order chi connectivity index (χ0) is 13.7. The van der Waals surface area contributed by atoms with E-state index in [-0.39, 0.29) is 24.2 Å². The Morgan fingerprint density at radius 2 is 2.11 bits per heavy atom. The first kappa shape index (κ1) is 14.0. The molecular weight excluding hydrogens is 234 g/mol. The van der Waals surface area contributed by atoms with E-state index in [4.69, 9.17) is 0 Å². The average Bonchev–Trinajstić information content (AvgIpc) is 2.25. The van der Waals surface area contributed by atoms with Crippen LogP contribution < -0.4 is 10.6 Å². The highest BCUT2D eigenvalue weighted by Gasteiger charge is 2.10. The van der Waals surface area contributed by atoms with Crippen LogP contribution in [0.4, 0.5) is 11.4 Å². The number of anilines is 1. The van der Waals surface area contributed by atoms with Crippen LogP contribution in [0.25, 0.3) is 0 Å². The lowest BCUT2D eigenvalue weighted by molar-refractivity contribution is -0.385. The van der Waals surface area contributed by atoms with Gasteiger partial charge in [0, 0.05) is 23.4 Å². The Balaban J connectivity index is 2.61. The van der Waals surface area contributed by atoms with E-state index in [0.29, 0.717) is 11.3 Å². The van der Waals surface area contributed by atoms with Crippen molar-refractivity contribution in [3.05, 3.63) is 33.9 Å². The molecule has 0 bridgehead atoms. The zero-order valence-electron chi connectivity index (χ0n) is 10.7. The Hall–Kier alpha value is -2.11. The fourth-order valence-corrected chi connectivity index (χ4v) is 1.53. The molecule has 1 aromatic rings. The molecule has 2 N–H and O–H groups in total. The molecule has 0 unspecified atom stereocenters. The standard InChI is InChI=1S/C12H17N3O3/c1-8(2)14-12(16)7-13-10-4-5-11(15(17)18)9(3)6-10/h4-6,8,13H,7H2,1-3H3,(H,14,16). The van der Waals surface area contributed by atoms with Gasteiger partial charge >= 0.3 is 0 Å². The molecule has 1 rings (SSSR count). The second-order valence-electron chi connectivity index (χ2n) is 4.33. The van der Waals surface area contributed by atoms with E-state index in [2.05, 4.69) is 10.6 Å². The van der Waals surface area contributed by atoms with Crippen molar-refractivity contribution in [2.75, 3.05) is 11.9 Å². The molecule has 6 heteroatoms. The van der Waals surface area contributed by atoms with Gasteiger partial charge < -0.3 is 10.6 Å². The number of nitrogens with zero attached hydrogens (tertiary/aromatic N) is 1. The minimum atomic E-state index is -0.426. The second-order valence-corrected chi connectivity index (χ2v) is 4.33. The molecule has 0 aliphatic heterocycles. The van der Waals surface area contributed by atoms with E-state index >= 15 is 0 Å². The minimum absolute atomic E-state index is 0.0761. The number of nitrogens with one attached hydrogen (secondary N) is 2. The molecule has 1 amide bonds. The molecule has 0 saturated carbocycles. The highest BCUT2D eigenvalue weighted by molar-refractivity contribution is 5.81. The van der Waals surface area contributed by atoms with Crippen LogP contribution in [-0.2, 0) is 4.79 Å². The first-order valence-corrected chi connectivity index (χ1v) is 5.68. The van der Waals surface area contributed by atoms with Gasteiger partial charge in [-0.3, -0.25) is 14.9 Å². The predicted molar refractivity (Wildman–Crippen MR) is 69.6 cm³/mol. The average molecular weight is 251 g/mol. The summed E-state index contributed by atoms with van der Waals surface area (Å²) in [6, 6.07) is 4.77. The molecular formula is C12H17N3O3. The van der Waals surface area contributed by atoms with Crippen molar-refractivity contribution in [2.24, 2.45) is 0 Å². The summed E-state index contributed by atoms with van der Waals surface area (Å²) in [4.78, 5) is 21.6. The number of aryl methyl sites for hydroxylation is 1. The maximum atomic E-state index is 11.4. The molecule has 98 valence electrons. The van der Waals surface area contributed by atoms with Crippen LogP contribution in [0, 0.1) is 17.0 Å². The summed E-state index contributed by atoms with van der Waals surface area (Å²) in [5.41, 5.74) is 1.33. The van der Waals surface area contributed by atoms with Gasteiger partial charge in [0.1, 0.15) is 0 Å². The molecule has 0 radical (unpaired) electrons. The van der Waals surface area contributed by atoms with E-state index in [0.717, 1.165) is 0 Å². The molecule has 0 spiro atoms. The lowest BCUT2D eigenvalue weighted by atomic mass is 10.2. The van der Waals surface area contributed by atoms with E-state index in [1.54, 1.807) is 19.1 Å². The minimum Gasteiger partial charge on any atom is -0.376 e. The fraction of sp³-hybridized carbons (Fsp3) is 0.417. The third-order valence-corrected chi connectivity index (χ3v) is 2.30. The molecule has 0 saturated heterocycles. The largest absolute Gasteiger partial charge is 0.376 e. The maximum Gasteiger partial charge on any atom is 0.272 e. The third kappa shape index (κ3) is 4.04. The maximum absolute atomic E-state index is 11.4. The van der Waals surface area contributed by atoms with Gasteiger partial charge in [-0.25, -0.2) is 0 Å². The summed E-state index contributed by atoms with van der Waals surface area (Å²) in [5.74, 6) is -0.110. The Kier molecular flexibility index (Phi) is 4.65. The van der Waals surface area contributed by atoms with Crippen molar-refractivity contribution >= 4 is 17.3 Å². The van der Waals surface area contributed by atoms with Gasteiger partial charge in [0.15, 0.2) is 0 Å². The molecule has 0 fully saturated rings. The van der Waals surface area contributed by atoms with Gasteiger partial charge in [-0.1, -0.05) is 0 Å². The highest BCUT2D eigenvalue weighted by Crippen LogP contribution is 2.21. The lowest BCUT2D eigenvalue weighted by Crippen LogP contribution is -2.34. The van der Waals surface area contributed by atoms with Crippen LogP contribution in [0.1, 0.15) is 19.4 Å². The number of benzene rings is 1. The van der Waals surface area contributed by atoms with Crippen molar-refractivity contribution in [2.45, 2.75) is 26.8 Å². The quantitative estimate of drug-likeness (QED) is 0.617. The number of rotatable bonds is 5. The van der Waals surface area contributed by atoms with E-state index in [1.165, 1.54) is 6.07 Å². The van der Waals surface area contributed by atoms with Crippen molar-refractivity contribution in [1.82, 2.24) is 5.32 Å². The monoisotopic (exact) mass is 251 g/mol. The molecule has 0 aliphatic rings. The van der Waals surface area contributed by atoms with Crippen molar-refractivity contribution in [1.29, 1.82) is 0 Å². The van der Waals surface area contributed by atoms with Crippen molar-refractivity contribution in [3.8, 4) is 0 Å². The molecule has 6 nitrogen and oxygen atoms in total. The van der Waals surface area contributed by atoms with Gasteiger partial charge in [0.05, 0.1) is 11.5 Å². The predicted octanol–water partition coefficient (Wildman–Crippen LogP) is 1.84. The second kappa shape index (κ2) is 6.00. The number of carbonyl (C=O) groups is 1. The topological polar surface area (TPSA) is 84.3 Å². The van der Waals surface area contributed by atoms with E-state index in [9.17, 15) is 14.9 Å². The first-order valence-electron chi connectivity index (χ1n) is 5.68. The number of carbonyl (C=O) groups excluding carboxylic acids is 1. The molecule has 0 atom stereocenters. The molecule has 0 aromatic heterocycles. The highest BCUT2D eigenvalue weighted by atomic mass is 16.6. The zero-order valence-corrected chi connectivity index (χ0v) is 10.7. The number of nitro benzene ring substituents is 1. The van der Waals surface area contributed by atoms with Crippen molar-refractivity contribution < 1.29 is 9.72 Å². The lowest BCUT2D eigenvalue weighted by Gasteiger charge is -2.10.